The third-order valence-corrected chi connectivity index (χ3v) is 6.04. The van der Waals surface area contributed by atoms with Crippen molar-refractivity contribution >= 4 is 34.0 Å². The van der Waals surface area contributed by atoms with Gasteiger partial charge in [0.25, 0.3) is 0 Å². The Labute approximate surface area is 191 Å². The molecule has 1 N–H and O–H groups in total. The van der Waals surface area contributed by atoms with E-state index >= 15 is 0 Å². The number of halogens is 1. The number of anilines is 1. The van der Waals surface area contributed by atoms with E-state index in [-0.39, 0.29) is 24.0 Å². The van der Waals surface area contributed by atoms with E-state index < -0.39 is 5.82 Å². The van der Waals surface area contributed by atoms with Crippen LogP contribution in [0.25, 0.3) is 5.69 Å². The molecular formula is C22H16FN5O2S2. The maximum Gasteiger partial charge on any atom is 0.235 e. The number of para-hydroxylation sites is 2. The number of ether oxygens (including phenoxy) is 1. The minimum atomic E-state index is -0.463. The average molecular weight is 466 g/mol. The molecule has 2 heterocycles. The Kier molecular flexibility index (Phi) is 6.79. The lowest BCUT2D eigenvalue weighted by Gasteiger charge is -2.11. The number of amides is 1. The first-order valence-electron chi connectivity index (χ1n) is 9.43. The fourth-order valence-corrected chi connectivity index (χ4v) is 4.34. The molecule has 0 saturated carbocycles. The number of nitrogens with one attached hydrogen (secondary N) is 1. The first-order valence-corrected chi connectivity index (χ1v) is 11.3. The molecule has 32 heavy (non-hydrogen) atoms. The summed E-state index contributed by atoms with van der Waals surface area (Å²) in [6.07, 6.45) is 0. The summed E-state index contributed by atoms with van der Waals surface area (Å²) < 4.78 is 21.3. The number of thiophene rings is 1. The van der Waals surface area contributed by atoms with Crippen molar-refractivity contribution in [3.63, 3.8) is 0 Å². The Balaban J connectivity index is 1.51. The predicted molar refractivity (Wildman–Crippen MR) is 120 cm³/mol. The van der Waals surface area contributed by atoms with Crippen molar-refractivity contribution in [3.05, 3.63) is 83.2 Å². The van der Waals surface area contributed by atoms with Crippen LogP contribution in [0.15, 0.2) is 71.2 Å². The van der Waals surface area contributed by atoms with Crippen molar-refractivity contribution in [2.75, 3.05) is 11.1 Å². The van der Waals surface area contributed by atoms with Crippen molar-refractivity contribution in [2.45, 2.75) is 11.8 Å². The van der Waals surface area contributed by atoms with Crippen LogP contribution in [0.1, 0.15) is 11.4 Å². The second-order valence-corrected chi connectivity index (χ2v) is 8.26. The molecule has 0 saturated heterocycles. The largest absolute Gasteiger partial charge is 0.483 e. The molecule has 7 nitrogen and oxygen atoms in total. The molecule has 0 aliphatic carbocycles. The highest BCUT2D eigenvalue weighted by Crippen LogP contribution is 2.26. The van der Waals surface area contributed by atoms with Crippen LogP contribution in [-0.2, 0) is 11.4 Å². The predicted octanol–water partition coefficient (Wildman–Crippen LogP) is 4.65. The van der Waals surface area contributed by atoms with Gasteiger partial charge >= 0.3 is 0 Å². The molecule has 1 amide bonds. The van der Waals surface area contributed by atoms with Crippen LogP contribution in [0.5, 0.6) is 5.75 Å². The summed E-state index contributed by atoms with van der Waals surface area (Å²) in [6, 6.07) is 19.2. The second-order valence-electron chi connectivity index (χ2n) is 6.40. The van der Waals surface area contributed by atoms with E-state index in [1.54, 1.807) is 34.2 Å². The van der Waals surface area contributed by atoms with Crippen molar-refractivity contribution in [2.24, 2.45) is 0 Å². The Morgan fingerprint density at radius 2 is 1.94 bits per heavy atom. The van der Waals surface area contributed by atoms with Gasteiger partial charge in [0.15, 0.2) is 22.5 Å². The van der Waals surface area contributed by atoms with Crippen LogP contribution >= 0.6 is 23.1 Å². The number of nitriles is 1. The van der Waals surface area contributed by atoms with E-state index in [0.29, 0.717) is 21.5 Å². The summed E-state index contributed by atoms with van der Waals surface area (Å²) in [6.45, 7) is -0.00366. The standard InChI is InChI=1S/C22H16FN5O2S2/c23-17-8-4-5-9-18(17)30-13-19-26-27-22(28(19)16-6-2-1-3-7-16)32-14-20(29)25-21-15(12-24)10-11-31-21/h1-11H,13-14H2,(H,25,29). The first-order chi connectivity index (χ1) is 15.7. The van der Waals surface area contributed by atoms with Gasteiger partial charge in [0, 0.05) is 5.69 Å². The highest BCUT2D eigenvalue weighted by atomic mass is 32.2. The summed E-state index contributed by atoms with van der Waals surface area (Å²) in [5.41, 5.74) is 1.21. The van der Waals surface area contributed by atoms with Crippen molar-refractivity contribution in [1.82, 2.24) is 14.8 Å². The number of carbonyl (C=O) groups is 1. The zero-order valence-corrected chi connectivity index (χ0v) is 18.2. The van der Waals surface area contributed by atoms with Crippen LogP contribution in [0, 0.1) is 17.1 Å². The quantitative estimate of drug-likeness (QED) is 0.381. The molecule has 0 atom stereocenters. The smallest absolute Gasteiger partial charge is 0.235 e. The van der Waals surface area contributed by atoms with Crippen LogP contribution in [0.2, 0.25) is 0 Å². The molecular weight excluding hydrogens is 449 g/mol. The zero-order valence-electron chi connectivity index (χ0n) is 16.6. The normalized spacial score (nSPS) is 10.5. The Morgan fingerprint density at radius 3 is 2.72 bits per heavy atom. The van der Waals surface area contributed by atoms with Crippen LogP contribution in [-0.4, -0.2) is 26.4 Å². The lowest BCUT2D eigenvalue weighted by atomic mass is 10.3. The Bertz CT molecular complexity index is 1270. The number of carbonyl (C=O) groups excluding carboxylic acids is 1. The molecule has 0 fully saturated rings. The minimum absolute atomic E-state index is 0.00366. The summed E-state index contributed by atoms with van der Waals surface area (Å²) >= 11 is 2.49. The first kappa shape index (κ1) is 21.5. The van der Waals surface area contributed by atoms with E-state index in [0.717, 1.165) is 5.69 Å². The maximum absolute atomic E-state index is 13.9. The van der Waals surface area contributed by atoms with E-state index in [2.05, 4.69) is 15.5 Å². The number of benzene rings is 2. The van der Waals surface area contributed by atoms with Gasteiger partial charge in [0.1, 0.15) is 17.7 Å². The van der Waals surface area contributed by atoms with Crippen molar-refractivity contribution < 1.29 is 13.9 Å². The molecule has 160 valence electrons. The lowest BCUT2D eigenvalue weighted by Crippen LogP contribution is -2.14. The maximum atomic E-state index is 13.9. The Hall–Kier alpha value is -3.68. The minimum Gasteiger partial charge on any atom is -0.483 e. The van der Waals surface area contributed by atoms with Crippen LogP contribution < -0.4 is 10.1 Å². The number of aromatic nitrogens is 3. The van der Waals surface area contributed by atoms with Gasteiger partial charge in [-0.05, 0) is 35.7 Å². The van der Waals surface area contributed by atoms with Crippen LogP contribution in [0.3, 0.4) is 0 Å². The van der Waals surface area contributed by atoms with Gasteiger partial charge < -0.3 is 10.1 Å². The number of thioether (sulfide) groups is 1. The van der Waals surface area contributed by atoms with Crippen molar-refractivity contribution in [3.8, 4) is 17.5 Å². The number of nitrogens with zero attached hydrogens (tertiary/aromatic N) is 4. The highest BCUT2D eigenvalue weighted by molar-refractivity contribution is 7.99. The molecule has 0 unspecified atom stereocenters. The van der Waals surface area contributed by atoms with E-state index in [1.165, 1.54) is 29.2 Å². The van der Waals surface area contributed by atoms with Gasteiger partial charge in [-0.25, -0.2) is 4.39 Å². The monoisotopic (exact) mass is 465 g/mol. The van der Waals surface area contributed by atoms with Gasteiger partial charge in [-0.2, -0.15) is 5.26 Å². The fraction of sp³-hybridized carbons (Fsp3) is 0.0909. The molecule has 10 heteroatoms. The number of hydrogen-bond acceptors (Lipinski definition) is 7. The molecule has 4 rings (SSSR count). The molecule has 0 aliphatic heterocycles. The molecule has 4 aromatic rings. The summed E-state index contributed by atoms with van der Waals surface area (Å²) in [4.78, 5) is 12.4. The molecule has 0 aliphatic rings. The zero-order chi connectivity index (χ0) is 22.3. The van der Waals surface area contributed by atoms with Crippen LogP contribution in [0.4, 0.5) is 9.39 Å². The third-order valence-electron chi connectivity index (χ3n) is 4.28. The van der Waals surface area contributed by atoms with Gasteiger partial charge in [-0.15, -0.1) is 21.5 Å². The number of rotatable bonds is 8. The van der Waals surface area contributed by atoms with E-state index in [1.807, 2.05) is 36.4 Å². The fourth-order valence-electron chi connectivity index (χ4n) is 2.81. The van der Waals surface area contributed by atoms with Gasteiger partial charge in [0.05, 0.1) is 11.3 Å². The van der Waals surface area contributed by atoms with E-state index in [9.17, 15) is 9.18 Å². The molecule has 2 aromatic heterocycles. The van der Waals surface area contributed by atoms with Gasteiger partial charge in [-0.1, -0.05) is 42.1 Å². The summed E-state index contributed by atoms with van der Waals surface area (Å²) in [5.74, 6) is -0.0713. The summed E-state index contributed by atoms with van der Waals surface area (Å²) in [5, 5.41) is 23.0. The molecule has 2 aromatic carbocycles. The lowest BCUT2D eigenvalue weighted by molar-refractivity contribution is -0.113. The van der Waals surface area contributed by atoms with E-state index in [4.69, 9.17) is 10.00 Å². The second kappa shape index (κ2) is 10.1. The van der Waals surface area contributed by atoms with Gasteiger partial charge in [0.2, 0.25) is 5.91 Å². The van der Waals surface area contributed by atoms with Crippen molar-refractivity contribution in [1.29, 1.82) is 5.26 Å². The SMILES string of the molecule is N#Cc1ccsc1NC(=O)CSc1nnc(COc2ccccc2F)n1-c1ccccc1. The third kappa shape index (κ3) is 4.96. The van der Waals surface area contributed by atoms with Gasteiger partial charge in [-0.3, -0.25) is 9.36 Å². The Morgan fingerprint density at radius 1 is 1.16 bits per heavy atom. The molecule has 0 radical (unpaired) electrons. The topological polar surface area (TPSA) is 92.8 Å². The highest BCUT2D eigenvalue weighted by Gasteiger charge is 2.17. The summed E-state index contributed by atoms with van der Waals surface area (Å²) in [7, 11) is 0. The molecule has 0 bridgehead atoms. The molecule has 0 spiro atoms. The average Bonchev–Trinajstić information content (AvgIpc) is 3.44. The number of hydrogen-bond donors (Lipinski definition) is 1.